The molecule has 1 aromatic carbocycles. The average molecular weight is 494 g/mol. The zero-order chi connectivity index (χ0) is 22.7. The number of carbonyl (C=O) groups excluding carboxylic acids is 1. The third-order valence-corrected chi connectivity index (χ3v) is 8.79. The minimum absolute atomic E-state index is 0.187. The number of H-pyrrole nitrogens is 1. The van der Waals surface area contributed by atoms with Gasteiger partial charge in [-0.2, -0.15) is 4.31 Å². The Balaban J connectivity index is 1.44. The van der Waals surface area contributed by atoms with Gasteiger partial charge in [0.25, 0.3) is 0 Å². The van der Waals surface area contributed by atoms with Crippen molar-refractivity contribution in [2.24, 2.45) is 0 Å². The van der Waals surface area contributed by atoms with E-state index in [0.29, 0.717) is 48.5 Å². The molecule has 1 fully saturated rings. The lowest BCUT2D eigenvalue weighted by Gasteiger charge is -2.27. The first-order valence-corrected chi connectivity index (χ1v) is 13.2. The van der Waals surface area contributed by atoms with Gasteiger partial charge in [-0.1, -0.05) is 23.9 Å². The summed E-state index contributed by atoms with van der Waals surface area (Å²) in [5.74, 6) is 0.391. The molecule has 12 heteroatoms. The summed E-state index contributed by atoms with van der Waals surface area (Å²) in [5.41, 5.74) is 1.05. The van der Waals surface area contributed by atoms with Crippen LogP contribution >= 0.6 is 23.1 Å². The maximum Gasteiger partial charge on any atom is 0.243 e. The van der Waals surface area contributed by atoms with Gasteiger partial charge in [0.15, 0.2) is 5.82 Å². The maximum absolute atomic E-state index is 13.1. The van der Waals surface area contributed by atoms with Crippen molar-refractivity contribution in [3.05, 3.63) is 41.3 Å². The first-order chi connectivity index (χ1) is 15.3. The summed E-state index contributed by atoms with van der Waals surface area (Å²) in [6, 6.07) is 8.78. The molecule has 1 aliphatic rings. The summed E-state index contributed by atoms with van der Waals surface area (Å²) in [6.07, 6.45) is 0. The zero-order valence-electron chi connectivity index (χ0n) is 17.6. The van der Waals surface area contributed by atoms with Crippen LogP contribution in [0.2, 0.25) is 0 Å². The Morgan fingerprint density at radius 1 is 1.31 bits per heavy atom. The largest absolute Gasteiger partial charge is 0.379 e. The Hall–Kier alpha value is -2.25. The Kier molecular flexibility index (Phi) is 6.96. The second-order valence-corrected chi connectivity index (χ2v) is 11.4. The van der Waals surface area contributed by atoms with Crippen LogP contribution in [0.15, 0.2) is 45.8 Å². The number of aromatic nitrogens is 3. The standard InChI is InChI=1S/C20H23N5O4S3/c1-13-5-6-15(12-17(13)32(27,28)25-7-9-29-10-8-25)21-19(26)14(2)31-20-22-18(23-24-20)16-4-3-11-30-16/h3-6,11-12,14H,7-10H2,1-2H3,(H,21,26)(H,22,23,24)/t14-/m1/s1. The highest BCUT2D eigenvalue weighted by Gasteiger charge is 2.28. The second kappa shape index (κ2) is 9.71. The highest BCUT2D eigenvalue weighted by atomic mass is 32.2. The summed E-state index contributed by atoms with van der Waals surface area (Å²) in [5, 5.41) is 11.8. The number of anilines is 1. The van der Waals surface area contributed by atoms with E-state index in [9.17, 15) is 13.2 Å². The average Bonchev–Trinajstić information content (AvgIpc) is 3.47. The molecule has 170 valence electrons. The highest BCUT2D eigenvalue weighted by Crippen LogP contribution is 2.27. The number of hydrogen-bond acceptors (Lipinski definition) is 8. The molecule has 32 heavy (non-hydrogen) atoms. The number of ether oxygens (including phenoxy) is 1. The van der Waals surface area contributed by atoms with Gasteiger partial charge in [-0.3, -0.25) is 9.89 Å². The van der Waals surface area contributed by atoms with Crippen LogP contribution in [0.25, 0.3) is 10.7 Å². The Bertz CT molecular complexity index is 1190. The third kappa shape index (κ3) is 5.04. The summed E-state index contributed by atoms with van der Waals surface area (Å²) in [6.45, 7) is 4.87. The number of thioether (sulfide) groups is 1. The zero-order valence-corrected chi connectivity index (χ0v) is 20.0. The SMILES string of the molecule is Cc1ccc(NC(=O)[C@@H](C)Sc2n[nH]c(-c3cccs3)n2)cc1S(=O)(=O)N1CCOCC1. The maximum atomic E-state index is 13.1. The fourth-order valence-electron chi connectivity index (χ4n) is 3.16. The number of hydrogen-bond donors (Lipinski definition) is 2. The molecule has 3 heterocycles. The molecular formula is C20H23N5O4S3. The van der Waals surface area contributed by atoms with Crippen LogP contribution in [0.1, 0.15) is 12.5 Å². The molecule has 0 spiro atoms. The number of benzene rings is 1. The lowest BCUT2D eigenvalue weighted by atomic mass is 10.2. The van der Waals surface area contributed by atoms with Gasteiger partial charge in [-0.25, -0.2) is 13.4 Å². The first kappa shape index (κ1) is 22.9. The molecule has 0 unspecified atom stereocenters. The Morgan fingerprint density at radius 3 is 2.81 bits per heavy atom. The molecule has 2 N–H and O–H groups in total. The van der Waals surface area contributed by atoms with Crippen LogP contribution in [0, 0.1) is 6.92 Å². The molecule has 9 nitrogen and oxygen atoms in total. The van der Waals surface area contributed by atoms with E-state index in [4.69, 9.17) is 4.74 Å². The van der Waals surface area contributed by atoms with Crippen molar-refractivity contribution in [3.8, 4) is 10.7 Å². The van der Waals surface area contributed by atoms with Crippen LogP contribution < -0.4 is 5.32 Å². The summed E-state index contributed by atoms with van der Waals surface area (Å²) in [4.78, 5) is 18.3. The number of morpholine rings is 1. The van der Waals surface area contributed by atoms with Gasteiger partial charge >= 0.3 is 0 Å². The molecule has 4 rings (SSSR count). The summed E-state index contributed by atoms with van der Waals surface area (Å²) in [7, 11) is -3.66. The Labute approximate surface area is 194 Å². The minimum Gasteiger partial charge on any atom is -0.379 e. The van der Waals surface area contributed by atoms with Crippen LogP contribution in [-0.4, -0.2) is 65.4 Å². The van der Waals surface area contributed by atoms with Crippen molar-refractivity contribution in [3.63, 3.8) is 0 Å². The van der Waals surface area contributed by atoms with E-state index in [1.54, 1.807) is 37.3 Å². The number of sulfonamides is 1. The van der Waals surface area contributed by atoms with Crippen LogP contribution in [0.3, 0.4) is 0 Å². The summed E-state index contributed by atoms with van der Waals surface area (Å²) < 4.78 is 32.8. The molecule has 1 atom stereocenters. The molecule has 0 bridgehead atoms. The predicted octanol–water partition coefficient (Wildman–Crippen LogP) is 2.98. The number of nitrogens with one attached hydrogen (secondary N) is 2. The number of rotatable bonds is 7. The van der Waals surface area contributed by atoms with Gasteiger partial charge in [0, 0.05) is 18.8 Å². The fraction of sp³-hybridized carbons (Fsp3) is 0.350. The van der Waals surface area contributed by atoms with Crippen LogP contribution in [0.5, 0.6) is 0 Å². The molecule has 1 aliphatic heterocycles. The van der Waals surface area contributed by atoms with E-state index in [1.165, 1.54) is 22.1 Å². The molecule has 1 amide bonds. The highest BCUT2D eigenvalue weighted by molar-refractivity contribution is 8.00. The third-order valence-electron chi connectivity index (χ3n) is 4.91. The first-order valence-electron chi connectivity index (χ1n) is 9.97. The minimum atomic E-state index is -3.66. The van der Waals surface area contributed by atoms with Crippen molar-refractivity contribution in [2.75, 3.05) is 31.6 Å². The van der Waals surface area contributed by atoms with E-state index < -0.39 is 15.3 Å². The van der Waals surface area contributed by atoms with E-state index in [1.807, 2.05) is 17.5 Å². The predicted molar refractivity (Wildman–Crippen MR) is 124 cm³/mol. The van der Waals surface area contributed by atoms with Crippen molar-refractivity contribution >= 4 is 44.7 Å². The van der Waals surface area contributed by atoms with Crippen LogP contribution in [-0.2, 0) is 19.6 Å². The number of aromatic amines is 1. The molecule has 0 saturated carbocycles. The fourth-order valence-corrected chi connectivity index (χ4v) is 6.21. The number of amides is 1. The number of carbonyl (C=O) groups is 1. The van der Waals surface area contributed by atoms with Gasteiger partial charge in [-0.15, -0.1) is 16.4 Å². The molecule has 0 radical (unpaired) electrons. The molecule has 3 aromatic rings. The van der Waals surface area contributed by atoms with Crippen molar-refractivity contribution in [1.29, 1.82) is 0 Å². The lowest BCUT2D eigenvalue weighted by molar-refractivity contribution is -0.115. The van der Waals surface area contributed by atoms with Gasteiger partial charge in [0.05, 0.1) is 28.2 Å². The van der Waals surface area contributed by atoms with Crippen molar-refractivity contribution < 1.29 is 17.9 Å². The topological polar surface area (TPSA) is 117 Å². The molecular weight excluding hydrogens is 470 g/mol. The number of thiophene rings is 1. The van der Waals surface area contributed by atoms with Crippen molar-refractivity contribution in [2.45, 2.75) is 29.1 Å². The van der Waals surface area contributed by atoms with E-state index in [-0.39, 0.29) is 10.8 Å². The van der Waals surface area contributed by atoms with Gasteiger partial charge in [-0.05, 0) is 43.0 Å². The van der Waals surface area contributed by atoms with E-state index >= 15 is 0 Å². The van der Waals surface area contributed by atoms with Crippen LogP contribution in [0.4, 0.5) is 5.69 Å². The molecule has 0 aliphatic carbocycles. The second-order valence-electron chi connectivity index (χ2n) is 7.19. The lowest BCUT2D eigenvalue weighted by Crippen LogP contribution is -2.40. The molecule has 2 aromatic heterocycles. The molecule has 1 saturated heterocycles. The number of nitrogens with zero attached hydrogens (tertiary/aromatic N) is 3. The van der Waals surface area contributed by atoms with E-state index in [2.05, 4.69) is 20.5 Å². The van der Waals surface area contributed by atoms with Crippen molar-refractivity contribution in [1.82, 2.24) is 19.5 Å². The summed E-state index contributed by atoms with van der Waals surface area (Å²) >= 11 is 2.77. The normalized spacial score (nSPS) is 16.1. The van der Waals surface area contributed by atoms with E-state index in [0.717, 1.165) is 4.88 Å². The monoisotopic (exact) mass is 493 g/mol. The van der Waals surface area contributed by atoms with Gasteiger partial charge in [0.2, 0.25) is 21.1 Å². The smallest absolute Gasteiger partial charge is 0.243 e. The van der Waals surface area contributed by atoms with Gasteiger partial charge in [0.1, 0.15) is 0 Å². The number of aryl methyl sites for hydroxylation is 1. The quantitative estimate of drug-likeness (QED) is 0.486. The Morgan fingerprint density at radius 2 is 2.09 bits per heavy atom. The van der Waals surface area contributed by atoms with Gasteiger partial charge < -0.3 is 10.1 Å².